The molecule has 2 rings (SSSR count). The monoisotopic (exact) mass is 274 g/mol. The topological polar surface area (TPSA) is 36.7 Å². The largest absolute Gasteiger partial charge is 0.416 e. The number of alkyl halides is 3. The van der Waals surface area contributed by atoms with Crippen molar-refractivity contribution in [3.8, 4) is 6.07 Å². The van der Waals surface area contributed by atoms with E-state index in [9.17, 15) is 13.2 Å². The number of hydrogen-bond donors (Lipinski definition) is 0. The lowest BCUT2D eigenvalue weighted by molar-refractivity contribution is -0.137. The Labute approximate surface area is 113 Å². The summed E-state index contributed by atoms with van der Waals surface area (Å²) >= 11 is 0. The van der Waals surface area contributed by atoms with E-state index in [1.165, 1.54) is 24.4 Å². The van der Waals surface area contributed by atoms with E-state index in [0.29, 0.717) is 11.3 Å². The van der Waals surface area contributed by atoms with Gasteiger partial charge in [-0.2, -0.15) is 18.4 Å². The summed E-state index contributed by atoms with van der Waals surface area (Å²) in [5.41, 5.74) is 0.198. The number of nitrogens with zero attached hydrogens (tertiary/aromatic N) is 2. The average Bonchev–Trinajstić information content (AvgIpc) is 2.45. The number of rotatable bonds is 2. The van der Waals surface area contributed by atoms with Crippen molar-refractivity contribution in [2.75, 3.05) is 0 Å². The molecule has 1 aromatic carbocycles. The molecular weight excluding hydrogens is 265 g/mol. The van der Waals surface area contributed by atoms with Crippen molar-refractivity contribution in [2.24, 2.45) is 0 Å². The van der Waals surface area contributed by atoms with Crippen molar-refractivity contribution >= 4 is 11.6 Å². The van der Waals surface area contributed by atoms with Crippen molar-refractivity contribution in [1.29, 1.82) is 5.26 Å². The van der Waals surface area contributed by atoms with E-state index in [4.69, 9.17) is 5.26 Å². The van der Waals surface area contributed by atoms with E-state index in [1.54, 1.807) is 18.2 Å². The van der Waals surface area contributed by atoms with Crippen LogP contribution in [0.4, 0.5) is 13.2 Å². The molecule has 1 heterocycles. The van der Waals surface area contributed by atoms with Gasteiger partial charge in [-0.05, 0) is 35.9 Å². The quantitative estimate of drug-likeness (QED) is 0.771. The predicted molar refractivity (Wildman–Crippen MR) is 69.2 cm³/mol. The third-order valence-electron chi connectivity index (χ3n) is 2.59. The van der Waals surface area contributed by atoms with Crippen LogP contribution in [0.3, 0.4) is 0 Å². The highest BCUT2D eigenvalue weighted by Gasteiger charge is 2.30. The van der Waals surface area contributed by atoms with Gasteiger partial charge in [-0.25, -0.2) is 0 Å². The summed E-state index contributed by atoms with van der Waals surface area (Å²) in [5, 5.41) is 9.09. The predicted octanol–water partition coefficient (Wildman–Crippen LogP) is 4.16. The molecule has 0 radical (unpaired) electrons. The molecular formula is C15H9F3N2. The second-order valence-electron chi connectivity index (χ2n) is 4.01. The van der Waals surface area contributed by atoms with Crippen LogP contribution in [0.2, 0.25) is 0 Å². The lowest BCUT2D eigenvalue weighted by Gasteiger charge is -2.07. The first kappa shape index (κ1) is 13.8. The molecule has 0 saturated carbocycles. The smallest absolute Gasteiger partial charge is 0.256 e. The molecule has 0 bridgehead atoms. The minimum Gasteiger partial charge on any atom is -0.256 e. The molecule has 2 aromatic rings. The molecule has 2 nitrogen and oxygen atoms in total. The van der Waals surface area contributed by atoms with E-state index in [1.807, 2.05) is 6.07 Å². The Bertz CT molecular complexity index is 668. The van der Waals surface area contributed by atoms with Crippen molar-refractivity contribution in [2.45, 2.75) is 6.18 Å². The minimum absolute atomic E-state index is 0.213. The first-order valence-electron chi connectivity index (χ1n) is 5.71. The molecule has 0 aliphatic carbocycles. The van der Waals surface area contributed by atoms with Gasteiger partial charge in [-0.1, -0.05) is 18.2 Å². The number of hydrogen-bond acceptors (Lipinski definition) is 2. The molecule has 0 unspecified atom stereocenters. The third-order valence-corrected chi connectivity index (χ3v) is 2.59. The Morgan fingerprint density at radius 3 is 2.55 bits per heavy atom. The van der Waals surface area contributed by atoms with Gasteiger partial charge in [0.1, 0.15) is 6.07 Å². The zero-order valence-electron chi connectivity index (χ0n) is 10.2. The van der Waals surface area contributed by atoms with Crippen LogP contribution in [0, 0.1) is 11.3 Å². The SMILES string of the molecule is N#C/C(=C/c1cccc(C(F)(F)F)c1)c1ccccn1. The zero-order valence-corrected chi connectivity index (χ0v) is 10.2. The maximum atomic E-state index is 12.6. The number of halogens is 3. The van der Waals surface area contributed by atoms with Gasteiger partial charge in [0.25, 0.3) is 0 Å². The van der Waals surface area contributed by atoms with Gasteiger partial charge < -0.3 is 0 Å². The maximum Gasteiger partial charge on any atom is 0.416 e. The van der Waals surface area contributed by atoms with E-state index < -0.39 is 11.7 Å². The molecule has 0 aliphatic rings. The Hall–Kier alpha value is -2.61. The first-order chi connectivity index (χ1) is 9.50. The second kappa shape index (κ2) is 5.57. The van der Waals surface area contributed by atoms with Crippen LogP contribution in [0.25, 0.3) is 11.6 Å². The van der Waals surface area contributed by atoms with Gasteiger partial charge in [0.05, 0.1) is 16.8 Å². The van der Waals surface area contributed by atoms with Crippen LogP contribution in [-0.4, -0.2) is 4.98 Å². The molecule has 100 valence electrons. The number of aromatic nitrogens is 1. The molecule has 5 heteroatoms. The lowest BCUT2D eigenvalue weighted by Crippen LogP contribution is -2.04. The van der Waals surface area contributed by atoms with Crippen molar-refractivity contribution in [3.05, 3.63) is 65.5 Å². The maximum absolute atomic E-state index is 12.6. The normalized spacial score (nSPS) is 12.0. The standard InChI is InChI=1S/C15H9F3N2/c16-15(17,18)13-5-3-4-11(9-13)8-12(10-19)14-6-1-2-7-20-14/h1-9H/b12-8-. The molecule has 0 fully saturated rings. The van der Waals surface area contributed by atoms with E-state index in [-0.39, 0.29) is 5.57 Å². The van der Waals surface area contributed by atoms with Crippen molar-refractivity contribution in [1.82, 2.24) is 4.98 Å². The summed E-state index contributed by atoms with van der Waals surface area (Å²) < 4.78 is 37.8. The first-order valence-corrected chi connectivity index (χ1v) is 5.71. The van der Waals surface area contributed by atoms with Crippen LogP contribution < -0.4 is 0 Å². The molecule has 0 N–H and O–H groups in total. The number of pyridine rings is 1. The van der Waals surface area contributed by atoms with Gasteiger partial charge in [0.2, 0.25) is 0 Å². The lowest BCUT2D eigenvalue weighted by atomic mass is 10.1. The minimum atomic E-state index is -4.40. The zero-order chi connectivity index (χ0) is 14.6. The Morgan fingerprint density at radius 2 is 1.95 bits per heavy atom. The Kier molecular flexibility index (Phi) is 3.85. The third kappa shape index (κ3) is 3.23. The molecule has 0 saturated heterocycles. The van der Waals surface area contributed by atoms with Gasteiger partial charge in [-0.15, -0.1) is 0 Å². The molecule has 1 aromatic heterocycles. The van der Waals surface area contributed by atoms with Crippen LogP contribution in [0.15, 0.2) is 48.7 Å². The molecule has 0 atom stereocenters. The molecule has 0 amide bonds. The summed E-state index contributed by atoms with van der Waals surface area (Å²) in [5.74, 6) is 0. The van der Waals surface area contributed by atoms with Crippen LogP contribution in [0.5, 0.6) is 0 Å². The van der Waals surface area contributed by atoms with E-state index in [0.717, 1.165) is 12.1 Å². The molecule has 20 heavy (non-hydrogen) atoms. The summed E-state index contributed by atoms with van der Waals surface area (Å²) in [7, 11) is 0. The highest BCUT2D eigenvalue weighted by Crippen LogP contribution is 2.30. The molecule has 0 aliphatic heterocycles. The van der Waals surface area contributed by atoms with E-state index >= 15 is 0 Å². The number of benzene rings is 1. The summed E-state index contributed by atoms with van der Waals surface area (Å²) in [4.78, 5) is 4.00. The highest BCUT2D eigenvalue weighted by molar-refractivity contribution is 5.88. The average molecular weight is 274 g/mol. The number of allylic oxidation sites excluding steroid dienone is 1. The summed E-state index contributed by atoms with van der Waals surface area (Å²) in [6.45, 7) is 0. The summed E-state index contributed by atoms with van der Waals surface area (Å²) in [6, 6.07) is 11.8. The fourth-order valence-electron chi connectivity index (χ4n) is 1.66. The number of nitriles is 1. The van der Waals surface area contributed by atoms with E-state index in [2.05, 4.69) is 4.98 Å². The van der Waals surface area contributed by atoms with Gasteiger partial charge in [0.15, 0.2) is 0 Å². The molecule has 0 spiro atoms. The van der Waals surface area contributed by atoms with Gasteiger partial charge >= 0.3 is 6.18 Å². The fraction of sp³-hybridized carbons (Fsp3) is 0.0667. The van der Waals surface area contributed by atoms with Crippen LogP contribution in [0.1, 0.15) is 16.8 Å². The van der Waals surface area contributed by atoms with Crippen LogP contribution >= 0.6 is 0 Å². The van der Waals surface area contributed by atoms with Crippen molar-refractivity contribution < 1.29 is 13.2 Å². The van der Waals surface area contributed by atoms with Gasteiger partial charge in [0, 0.05) is 6.20 Å². The van der Waals surface area contributed by atoms with Gasteiger partial charge in [-0.3, -0.25) is 4.98 Å². The highest BCUT2D eigenvalue weighted by atomic mass is 19.4. The fourth-order valence-corrected chi connectivity index (χ4v) is 1.66. The van der Waals surface area contributed by atoms with Crippen molar-refractivity contribution in [3.63, 3.8) is 0 Å². The van der Waals surface area contributed by atoms with Crippen LogP contribution in [-0.2, 0) is 6.18 Å². The second-order valence-corrected chi connectivity index (χ2v) is 4.01. The Balaban J connectivity index is 2.42. The Morgan fingerprint density at radius 1 is 1.15 bits per heavy atom. The summed E-state index contributed by atoms with van der Waals surface area (Å²) in [6.07, 6.45) is -1.49.